The first kappa shape index (κ1) is 24.3. The van der Waals surface area contributed by atoms with Crippen LogP contribution in [-0.4, -0.2) is 31.3 Å². The minimum atomic E-state index is -4.94. The predicted octanol–water partition coefficient (Wildman–Crippen LogP) is 4.74. The highest BCUT2D eigenvalue weighted by Gasteiger charge is 2.46. The number of amides is 2. The van der Waals surface area contributed by atoms with Gasteiger partial charge in [0, 0.05) is 6.54 Å². The molecule has 1 unspecified atom stereocenters. The van der Waals surface area contributed by atoms with E-state index in [0.717, 1.165) is 5.56 Å². The van der Waals surface area contributed by atoms with Crippen LogP contribution in [0.3, 0.4) is 0 Å². The van der Waals surface area contributed by atoms with Crippen molar-refractivity contribution in [3.8, 4) is 0 Å². The van der Waals surface area contributed by atoms with Crippen LogP contribution < -0.4 is 16.0 Å². The molecule has 184 valence electrons. The highest BCUT2D eigenvalue weighted by atomic mass is 19.4. The number of carbonyl (C=O) groups excluding carboxylic acids is 1. The highest BCUT2D eigenvalue weighted by Crippen LogP contribution is 2.39. The average molecular weight is 487 g/mol. The summed E-state index contributed by atoms with van der Waals surface area (Å²) in [6.45, 7) is 1.80. The van der Waals surface area contributed by atoms with Crippen molar-refractivity contribution in [2.24, 2.45) is 0 Å². The number of piperidine rings is 1. The van der Waals surface area contributed by atoms with Gasteiger partial charge in [-0.05, 0) is 42.7 Å². The summed E-state index contributed by atoms with van der Waals surface area (Å²) >= 11 is 0. The quantitative estimate of drug-likeness (QED) is 0.534. The monoisotopic (exact) mass is 487 g/mol. The van der Waals surface area contributed by atoms with Gasteiger partial charge in [-0.25, -0.2) is 4.79 Å². The number of fused-ring (bicyclic) bond motifs is 1. The van der Waals surface area contributed by atoms with E-state index >= 15 is 0 Å². The van der Waals surface area contributed by atoms with E-state index in [1.807, 2.05) is 30.3 Å². The zero-order valence-corrected chi connectivity index (χ0v) is 18.1. The first-order chi connectivity index (χ1) is 15.9. The lowest BCUT2D eigenvalue weighted by molar-refractivity contribution is -0.143. The van der Waals surface area contributed by atoms with Gasteiger partial charge in [0.2, 0.25) is 0 Å². The number of rotatable bonds is 5. The smallest absolute Gasteiger partial charge is 0.372 e. The second-order valence-corrected chi connectivity index (χ2v) is 8.66. The van der Waals surface area contributed by atoms with Crippen molar-refractivity contribution in [1.29, 1.82) is 0 Å². The molecular weight excluding hydrogens is 464 g/mol. The number of alkyl halides is 6. The fourth-order valence-electron chi connectivity index (χ4n) is 4.47. The summed E-state index contributed by atoms with van der Waals surface area (Å²) in [6, 6.07) is 10.0. The molecule has 0 saturated carbocycles. The molecule has 2 aliphatic heterocycles. The van der Waals surface area contributed by atoms with Crippen LogP contribution in [0, 0.1) is 0 Å². The number of halogens is 6. The van der Waals surface area contributed by atoms with Crippen LogP contribution in [0.5, 0.6) is 0 Å². The molecular formula is C23H23F6N3O2. The number of ether oxygens (including phenoxy) is 1. The molecule has 11 heteroatoms. The Labute approximate surface area is 191 Å². The minimum absolute atomic E-state index is 0.0329. The zero-order chi connectivity index (χ0) is 24.7. The van der Waals surface area contributed by atoms with E-state index in [1.165, 1.54) is 6.92 Å². The molecule has 4 atom stereocenters. The van der Waals surface area contributed by atoms with Crippen LogP contribution in [0.2, 0.25) is 0 Å². The number of hydrogen-bond acceptors (Lipinski definition) is 3. The maximum absolute atomic E-state index is 13.3. The van der Waals surface area contributed by atoms with E-state index in [0.29, 0.717) is 25.1 Å². The van der Waals surface area contributed by atoms with Gasteiger partial charge in [0.05, 0.1) is 41.5 Å². The van der Waals surface area contributed by atoms with Crippen molar-refractivity contribution < 1.29 is 35.9 Å². The van der Waals surface area contributed by atoms with Crippen molar-refractivity contribution in [3.05, 3.63) is 70.8 Å². The normalized spacial score (nSPS) is 25.9. The number of nitrogens with one attached hydrogen (secondary N) is 3. The van der Waals surface area contributed by atoms with Crippen LogP contribution in [0.15, 0.2) is 48.5 Å². The van der Waals surface area contributed by atoms with E-state index in [9.17, 15) is 31.1 Å². The van der Waals surface area contributed by atoms with E-state index in [-0.39, 0.29) is 36.4 Å². The van der Waals surface area contributed by atoms with E-state index in [1.54, 1.807) is 0 Å². The lowest BCUT2D eigenvalue weighted by Crippen LogP contribution is -2.60. The largest absolute Gasteiger partial charge is 0.416 e. The second kappa shape index (κ2) is 8.77. The average Bonchev–Trinajstić information content (AvgIpc) is 3.15. The molecule has 4 rings (SSSR count). The summed E-state index contributed by atoms with van der Waals surface area (Å²) in [6.07, 6.45) is -10.5. The number of carbonyl (C=O) groups is 1. The summed E-state index contributed by atoms with van der Waals surface area (Å²) in [5, 5.41) is 9.04. The molecule has 0 spiro atoms. The summed E-state index contributed by atoms with van der Waals surface area (Å²) in [5.74, 6) is 0. The standard InChI is InChI=1S/C23H23F6N3O2/c1-13(14-7-16(22(24,25)26)9-17(8-14)23(27,28)29)34-12-21(15-5-3-2-4-6-15)10-18-19(11-30-21)32-20(33)31-18/h2-9,13,18-19,30H,10-12H2,1H3,(H2,31,32,33)/t13-,18?,19-,21-/m1/s1. The minimum Gasteiger partial charge on any atom is -0.372 e. The number of benzene rings is 2. The van der Waals surface area contributed by atoms with Crippen molar-refractivity contribution >= 4 is 6.03 Å². The van der Waals surface area contributed by atoms with Gasteiger partial charge in [-0.3, -0.25) is 0 Å². The maximum Gasteiger partial charge on any atom is 0.416 e. The molecule has 0 aromatic heterocycles. The molecule has 2 amide bonds. The Morgan fingerprint density at radius 1 is 0.971 bits per heavy atom. The van der Waals surface area contributed by atoms with Crippen molar-refractivity contribution in [3.63, 3.8) is 0 Å². The van der Waals surface area contributed by atoms with Gasteiger partial charge in [-0.15, -0.1) is 0 Å². The second-order valence-electron chi connectivity index (χ2n) is 8.66. The van der Waals surface area contributed by atoms with Gasteiger partial charge < -0.3 is 20.7 Å². The van der Waals surface area contributed by atoms with E-state index in [2.05, 4.69) is 16.0 Å². The van der Waals surface area contributed by atoms with Crippen molar-refractivity contribution in [2.75, 3.05) is 13.2 Å². The molecule has 2 aromatic rings. The number of hydrogen-bond donors (Lipinski definition) is 3. The molecule has 3 N–H and O–H groups in total. The van der Waals surface area contributed by atoms with Gasteiger partial charge in [-0.1, -0.05) is 30.3 Å². The molecule has 34 heavy (non-hydrogen) atoms. The third-order valence-electron chi connectivity index (χ3n) is 6.33. The summed E-state index contributed by atoms with van der Waals surface area (Å²) in [4.78, 5) is 11.8. The fourth-order valence-corrected chi connectivity index (χ4v) is 4.47. The predicted molar refractivity (Wildman–Crippen MR) is 111 cm³/mol. The molecule has 0 radical (unpaired) electrons. The lowest BCUT2D eigenvalue weighted by Gasteiger charge is -2.43. The molecule has 2 aromatic carbocycles. The zero-order valence-electron chi connectivity index (χ0n) is 18.1. The third kappa shape index (κ3) is 5.00. The van der Waals surface area contributed by atoms with Crippen LogP contribution >= 0.6 is 0 Å². The van der Waals surface area contributed by atoms with Gasteiger partial charge >= 0.3 is 18.4 Å². The van der Waals surface area contributed by atoms with E-state index in [4.69, 9.17) is 4.74 Å². The van der Waals surface area contributed by atoms with Crippen LogP contribution in [0.4, 0.5) is 31.1 Å². The molecule has 2 saturated heterocycles. The van der Waals surface area contributed by atoms with Gasteiger partial charge in [-0.2, -0.15) is 26.3 Å². The third-order valence-corrected chi connectivity index (χ3v) is 6.33. The molecule has 2 fully saturated rings. The fraction of sp³-hybridized carbons (Fsp3) is 0.435. The van der Waals surface area contributed by atoms with Crippen molar-refractivity contribution in [1.82, 2.24) is 16.0 Å². The molecule has 5 nitrogen and oxygen atoms in total. The Hall–Kier alpha value is -2.79. The lowest BCUT2D eigenvalue weighted by atomic mass is 9.79. The SMILES string of the molecule is C[C@@H](OC[C@@]1(c2ccccc2)CC2NC(=O)N[C@@H]2CN1)c1cc(C(F)(F)F)cc(C(F)(F)F)c1. The molecule has 2 aliphatic rings. The maximum atomic E-state index is 13.3. The molecule has 0 aliphatic carbocycles. The Morgan fingerprint density at radius 2 is 1.56 bits per heavy atom. The first-order valence-corrected chi connectivity index (χ1v) is 10.7. The molecule has 2 heterocycles. The Balaban J connectivity index is 1.61. The summed E-state index contributed by atoms with van der Waals surface area (Å²) in [7, 11) is 0. The van der Waals surface area contributed by atoms with Gasteiger partial charge in [0.15, 0.2) is 0 Å². The first-order valence-electron chi connectivity index (χ1n) is 10.7. The van der Waals surface area contributed by atoms with Gasteiger partial charge in [0.25, 0.3) is 0 Å². The summed E-state index contributed by atoms with van der Waals surface area (Å²) in [5.41, 5.74) is -2.96. The van der Waals surface area contributed by atoms with Crippen LogP contribution in [0.25, 0.3) is 0 Å². The van der Waals surface area contributed by atoms with Gasteiger partial charge in [0.1, 0.15) is 0 Å². The molecule has 0 bridgehead atoms. The highest BCUT2D eigenvalue weighted by molar-refractivity contribution is 5.77. The Morgan fingerprint density at radius 3 is 2.15 bits per heavy atom. The van der Waals surface area contributed by atoms with E-state index < -0.39 is 35.1 Å². The van der Waals surface area contributed by atoms with Crippen LogP contribution in [-0.2, 0) is 22.6 Å². The van der Waals surface area contributed by atoms with Crippen molar-refractivity contribution in [2.45, 2.75) is 49.4 Å². The Kier molecular flexibility index (Phi) is 6.28. The topological polar surface area (TPSA) is 62.4 Å². The summed E-state index contributed by atoms with van der Waals surface area (Å²) < 4.78 is 85.4. The Bertz CT molecular complexity index is 1010. The number of urea groups is 1. The van der Waals surface area contributed by atoms with Crippen LogP contribution in [0.1, 0.15) is 41.7 Å².